The lowest BCUT2D eigenvalue weighted by atomic mass is 10.2. The molecule has 0 aromatic carbocycles. The van der Waals surface area contributed by atoms with Gasteiger partial charge in [0.25, 0.3) is 0 Å². The maximum Gasteiger partial charge on any atom is 0.309 e. The highest BCUT2D eigenvalue weighted by Crippen LogP contribution is 2.22. The SMILES string of the molecule is Nc1c(CC(=O)O)[nH]c2cccnc12. The Morgan fingerprint density at radius 2 is 2.43 bits per heavy atom. The van der Waals surface area contributed by atoms with E-state index in [-0.39, 0.29) is 6.42 Å². The van der Waals surface area contributed by atoms with Gasteiger partial charge in [-0.3, -0.25) is 9.78 Å². The third-order valence-corrected chi connectivity index (χ3v) is 2.00. The molecule has 72 valence electrons. The minimum atomic E-state index is -0.914. The molecule has 0 unspecified atom stereocenters. The molecule has 0 aliphatic carbocycles. The van der Waals surface area contributed by atoms with Crippen molar-refractivity contribution < 1.29 is 9.90 Å². The van der Waals surface area contributed by atoms with Crippen LogP contribution in [0, 0.1) is 0 Å². The molecule has 2 aromatic rings. The van der Waals surface area contributed by atoms with Crippen LogP contribution in [0.2, 0.25) is 0 Å². The van der Waals surface area contributed by atoms with Gasteiger partial charge in [-0.15, -0.1) is 0 Å². The first kappa shape index (κ1) is 8.55. The number of carboxylic acids is 1. The van der Waals surface area contributed by atoms with E-state index in [2.05, 4.69) is 9.97 Å². The Morgan fingerprint density at radius 3 is 3.07 bits per heavy atom. The van der Waals surface area contributed by atoms with E-state index in [1.54, 1.807) is 12.3 Å². The second-order valence-electron chi connectivity index (χ2n) is 2.99. The first-order valence-corrected chi connectivity index (χ1v) is 4.11. The molecule has 0 bridgehead atoms. The minimum absolute atomic E-state index is 0.109. The van der Waals surface area contributed by atoms with Gasteiger partial charge < -0.3 is 15.8 Å². The second-order valence-corrected chi connectivity index (χ2v) is 2.99. The number of nitrogen functional groups attached to an aromatic ring is 1. The third kappa shape index (κ3) is 1.28. The molecule has 2 aromatic heterocycles. The van der Waals surface area contributed by atoms with Crippen LogP contribution in [0.3, 0.4) is 0 Å². The van der Waals surface area contributed by atoms with E-state index in [1.807, 2.05) is 6.07 Å². The number of fused-ring (bicyclic) bond motifs is 1. The molecule has 0 spiro atoms. The Hall–Kier alpha value is -2.04. The fourth-order valence-corrected chi connectivity index (χ4v) is 1.38. The molecule has 2 rings (SSSR count). The quantitative estimate of drug-likeness (QED) is 0.653. The van der Waals surface area contributed by atoms with Gasteiger partial charge in [-0.2, -0.15) is 0 Å². The van der Waals surface area contributed by atoms with E-state index in [0.29, 0.717) is 16.9 Å². The minimum Gasteiger partial charge on any atom is -0.481 e. The molecular formula is C9H9N3O2. The average Bonchev–Trinajstić information content (AvgIpc) is 2.44. The van der Waals surface area contributed by atoms with Gasteiger partial charge in [-0.05, 0) is 12.1 Å². The maximum atomic E-state index is 10.5. The molecule has 0 radical (unpaired) electrons. The molecule has 5 heteroatoms. The molecule has 0 amide bonds. The van der Waals surface area contributed by atoms with E-state index in [4.69, 9.17) is 10.8 Å². The number of rotatable bonds is 2. The molecular weight excluding hydrogens is 182 g/mol. The predicted octanol–water partition coefficient (Wildman–Crippen LogP) is 0.772. The lowest BCUT2D eigenvalue weighted by Crippen LogP contribution is -2.02. The number of hydrogen-bond donors (Lipinski definition) is 3. The van der Waals surface area contributed by atoms with Crippen molar-refractivity contribution in [3.63, 3.8) is 0 Å². The normalized spacial score (nSPS) is 10.6. The molecule has 5 nitrogen and oxygen atoms in total. The molecule has 0 aliphatic heterocycles. The molecule has 0 saturated heterocycles. The fourth-order valence-electron chi connectivity index (χ4n) is 1.38. The molecule has 4 N–H and O–H groups in total. The van der Waals surface area contributed by atoms with Crippen molar-refractivity contribution in [3.8, 4) is 0 Å². The molecule has 0 atom stereocenters. The average molecular weight is 191 g/mol. The van der Waals surface area contributed by atoms with E-state index in [0.717, 1.165) is 5.52 Å². The van der Waals surface area contributed by atoms with Crippen molar-refractivity contribution >= 4 is 22.7 Å². The topological polar surface area (TPSA) is 92.0 Å². The smallest absolute Gasteiger partial charge is 0.309 e. The highest BCUT2D eigenvalue weighted by atomic mass is 16.4. The number of aliphatic carboxylic acids is 1. The summed E-state index contributed by atoms with van der Waals surface area (Å²) >= 11 is 0. The number of nitrogens with zero attached hydrogens (tertiary/aromatic N) is 1. The van der Waals surface area contributed by atoms with Gasteiger partial charge in [0.2, 0.25) is 0 Å². The number of nitrogens with two attached hydrogens (primary N) is 1. The summed E-state index contributed by atoms with van der Waals surface area (Å²) in [5.74, 6) is -0.914. The summed E-state index contributed by atoms with van der Waals surface area (Å²) in [6.45, 7) is 0. The lowest BCUT2D eigenvalue weighted by Gasteiger charge is -1.93. The van der Waals surface area contributed by atoms with Crippen LogP contribution >= 0.6 is 0 Å². The Labute approximate surface area is 79.6 Å². The molecule has 0 aliphatic rings. The Bertz CT molecular complexity index is 490. The summed E-state index contributed by atoms with van der Waals surface area (Å²) in [6, 6.07) is 3.58. The van der Waals surface area contributed by atoms with Crippen LogP contribution in [-0.2, 0) is 11.2 Å². The predicted molar refractivity (Wildman–Crippen MR) is 51.8 cm³/mol. The fraction of sp³-hybridized carbons (Fsp3) is 0.111. The zero-order valence-corrected chi connectivity index (χ0v) is 7.32. The van der Waals surface area contributed by atoms with Crippen molar-refractivity contribution in [2.45, 2.75) is 6.42 Å². The largest absolute Gasteiger partial charge is 0.481 e. The van der Waals surface area contributed by atoms with Gasteiger partial charge in [0, 0.05) is 6.20 Å². The number of hydrogen-bond acceptors (Lipinski definition) is 3. The van der Waals surface area contributed by atoms with Gasteiger partial charge in [0.15, 0.2) is 0 Å². The number of aromatic amines is 1. The van der Waals surface area contributed by atoms with E-state index < -0.39 is 5.97 Å². The van der Waals surface area contributed by atoms with Crippen molar-refractivity contribution in [1.82, 2.24) is 9.97 Å². The van der Waals surface area contributed by atoms with E-state index in [9.17, 15) is 4.79 Å². The number of nitrogens with one attached hydrogen (secondary N) is 1. The van der Waals surface area contributed by atoms with Crippen molar-refractivity contribution in [3.05, 3.63) is 24.0 Å². The van der Waals surface area contributed by atoms with Gasteiger partial charge in [-0.25, -0.2) is 0 Å². The van der Waals surface area contributed by atoms with Gasteiger partial charge in [-0.1, -0.05) is 0 Å². The molecule has 14 heavy (non-hydrogen) atoms. The van der Waals surface area contributed by atoms with Crippen molar-refractivity contribution in [2.24, 2.45) is 0 Å². The number of carbonyl (C=O) groups is 1. The number of anilines is 1. The van der Waals surface area contributed by atoms with Gasteiger partial charge in [0.1, 0.15) is 5.52 Å². The lowest BCUT2D eigenvalue weighted by molar-refractivity contribution is -0.136. The molecule has 0 fully saturated rings. The number of H-pyrrole nitrogens is 1. The second kappa shape index (κ2) is 3.02. The standard InChI is InChI=1S/C9H9N3O2/c10-8-6(4-7(13)14)12-5-2-1-3-11-9(5)8/h1-3,12H,4,10H2,(H,13,14). The van der Waals surface area contributed by atoms with E-state index >= 15 is 0 Å². The summed E-state index contributed by atoms with van der Waals surface area (Å²) in [6.07, 6.45) is 1.51. The third-order valence-electron chi connectivity index (χ3n) is 2.00. The number of carboxylic acid groups (broad SMARTS) is 1. The first-order chi connectivity index (χ1) is 6.68. The van der Waals surface area contributed by atoms with Crippen LogP contribution in [0.15, 0.2) is 18.3 Å². The Morgan fingerprint density at radius 1 is 1.64 bits per heavy atom. The summed E-state index contributed by atoms with van der Waals surface area (Å²) < 4.78 is 0. The zero-order valence-electron chi connectivity index (χ0n) is 7.32. The van der Waals surface area contributed by atoms with Crippen molar-refractivity contribution in [2.75, 3.05) is 5.73 Å². The molecule has 0 saturated carbocycles. The van der Waals surface area contributed by atoms with Crippen LogP contribution in [-0.4, -0.2) is 21.0 Å². The van der Waals surface area contributed by atoms with Gasteiger partial charge >= 0.3 is 5.97 Å². The van der Waals surface area contributed by atoms with Crippen molar-refractivity contribution in [1.29, 1.82) is 0 Å². The Balaban J connectivity index is 2.57. The number of pyridine rings is 1. The summed E-state index contributed by atoms with van der Waals surface area (Å²) in [5.41, 5.74) is 8.05. The van der Waals surface area contributed by atoms with Crippen LogP contribution in [0.4, 0.5) is 5.69 Å². The monoisotopic (exact) mass is 191 g/mol. The highest BCUT2D eigenvalue weighted by Gasteiger charge is 2.11. The number of aromatic nitrogens is 2. The van der Waals surface area contributed by atoms with Crippen LogP contribution in [0.25, 0.3) is 11.0 Å². The summed E-state index contributed by atoms with van der Waals surface area (Å²) in [4.78, 5) is 17.5. The summed E-state index contributed by atoms with van der Waals surface area (Å²) in [5, 5.41) is 8.62. The van der Waals surface area contributed by atoms with E-state index in [1.165, 1.54) is 0 Å². The van der Waals surface area contributed by atoms with Gasteiger partial charge in [0.05, 0.1) is 23.3 Å². The van der Waals surface area contributed by atoms with Crippen LogP contribution < -0.4 is 5.73 Å². The highest BCUT2D eigenvalue weighted by molar-refractivity contribution is 5.91. The zero-order chi connectivity index (χ0) is 10.1. The van der Waals surface area contributed by atoms with Crippen LogP contribution in [0.5, 0.6) is 0 Å². The summed E-state index contributed by atoms with van der Waals surface area (Å²) in [7, 11) is 0. The maximum absolute atomic E-state index is 10.5. The van der Waals surface area contributed by atoms with Crippen LogP contribution in [0.1, 0.15) is 5.69 Å². The Kier molecular flexibility index (Phi) is 1.85. The first-order valence-electron chi connectivity index (χ1n) is 4.11. The molecule has 2 heterocycles.